The van der Waals surface area contributed by atoms with Gasteiger partial charge in [0.1, 0.15) is 11.8 Å². The summed E-state index contributed by atoms with van der Waals surface area (Å²) >= 11 is 0. The summed E-state index contributed by atoms with van der Waals surface area (Å²) in [5.74, 6) is -1.76. The van der Waals surface area contributed by atoms with Gasteiger partial charge in [-0.15, -0.1) is 0 Å². The molecule has 0 fully saturated rings. The Morgan fingerprint density at radius 2 is 1.61 bits per heavy atom. The van der Waals surface area contributed by atoms with Crippen LogP contribution in [0.1, 0.15) is 41.4 Å². The predicted octanol–water partition coefficient (Wildman–Crippen LogP) is 5.35. The van der Waals surface area contributed by atoms with Crippen LogP contribution >= 0.6 is 0 Å². The number of aliphatic carboxylic acids is 1. The van der Waals surface area contributed by atoms with Gasteiger partial charge >= 0.3 is 12.1 Å². The Balaban J connectivity index is 0.000000676. The monoisotopic (exact) mass is 613 g/mol. The number of carboxylic acids is 1. The van der Waals surface area contributed by atoms with Gasteiger partial charge in [-0.25, -0.2) is 4.79 Å². The number of fused-ring (bicyclic) bond motifs is 1. The number of aromatic nitrogens is 2. The largest absolute Gasteiger partial charge is 0.493 e. The molecule has 1 amide bonds. The first-order valence-electron chi connectivity index (χ1n) is 13.1. The molecule has 1 atom stereocenters. The predicted molar refractivity (Wildman–Crippen MR) is 154 cm³/mol. The van der Waals surface area contributed by atoms with Crippen LogP contribution in [0, 0.1) is 0 Å². The lowest BCUT2D eigenvalue weighted by molar-refractivity contribution is -0.192. The van der Waals surface area contributed by atoms with Crippen LogP contribution in [0.4, 0.5) is 13.2 Å². The molecule has 2 aromatic heterocycles. The van der Waals surface area contributed by atoms with E-state index in [1.165, 1.54) is 0 Å². The summed E-state index contributed by atoms with van der Waals surface area (Å²) in [6.07, 6.45) is 1.48. The lowest BCUT2D eigenvalue weighted by atomic mass is 9.94. The molecule has 0 radical (unpaired) electrons. The number of ketones is 1. The number of nitrogens with zero attached hydrogens (tertiary/aromatic N) is 2. The number of benzene rings is 2. The van der Waals surface area contributed by atoms with Gasteiger partial charge in [-0.3, -0.25) is 19.6 Å². The van der Waals surface area contributed by atoms with E-state index in [4.69, 9.17) is 24.1 Å². The molecule has 0 aliphatic carbocycles. The zero-order chi connectivity index (χ0) is 32.4. The van der Waals surface area contributed by atoms with Crippen LogP contribution in [-0.2, 0) is 16.0 Å². The van der Waals surface area contributed by atoms with Crippen molar-refractivity contribution in [2.24, 2.45) is 0 Å². The quantitative estimate of drug-likeness (QED) is 0.227. The van der Waals surface area contributed by atoms with Crippen LogP contribution < -0.4 is 19.5 Å². The molecular weight excluding hydrogens is 583 g/mol. The summed E-state index contributed by atoms with van der Waals surface area (Å²) in [7, 11) is 3.10. The third kappa shape index (κ3) is 8.90. The minimum Gasteiger partial charge on any atom is -0.493 e. The van der Waals surface area contributed by atoms with Crippen molar-refractivity contribution in [3.63, 3.8) is 0 Å². The normalized spacial score (nSPS) is 11.6. The minimum absolute atomic E-state index is 0.0509. The van der Waals surface area contributed by atoms with Crippen molar-refractivity contribution >= 4 is 28.4 Å². The summed E-state index contributed by atoms with van der Waals surface area (Å²) in [6, 6.07) is 13.1. The number of amides is 1. The minimum atomic E-state index is -5.08. The first-order chi connectivity index (χ1) is 20.8. The lowest BCUT2D eigenvalue weighted by Crippen LogP contribution is -2.35. The van der Waals surface area contributed by atoms with E-state index in [1.807, 2.05) is 19.9 Å². The van der Waals surface area contributed by atoms with Gasteiger partial charge in [0.2, 0.25) is 5.91 Å². The number of pyridine rings is 2. The highest BCUT2D eigenvalue weighted by Crippen LogP contribution is 2.36. The number of carbonyl (C=O) groups excluding carboxylic acids is 2. The molecular formula is C31H30F3N3O7. The summed E-state index contributed by atoms with van der Waals surface area (Å²) in [5.41, 5.74) is 1.68. The summed E-state index contributed by atoms with van der Waals surface area (Å²) < 4.78 is 48.4. The van der Waals surface area contributed by atoms with Gasteiger partial charge in [-0.05, 0) is 55.1 Å². The average molecular weight is 614 g/mol. The van der Waals surface area contributed by atoms with Gasteiger partial charge in [0.15, 0.2) is 17.3 Å². The van der Waals surface area contributed by atoms with Crippen LogP contribution in [-0.4, -0.2) is 59.2 Å². The van der Waals surface area contributed by atoms with Crippen LogP contribution in [0.3, 0.4) is 0 Å². The number of alkyl halides is 3. The van der Waals surface area contributed by atoms with Crippen LogP contribution in [0.5, 0.6) is 17.2 Å². The Morgan fingerprint density at radius 3 is 2.20 bits per heavy atom. The van der Waals surface area contributed by atoms with Gasteiger partial charge in [0.25, 0.3) is 0 Å². The van der Waals surface area contributed by atoms with Crippen molar-refractivity contribution in [2.45, 2.75) is 38.6 Å². The number of carbonyl (C=O) groups is 3. The Labute approximate surface area is 250 Å². The maximum Gasteiger partial charge on any atom is 0.490 e. The molecule has 1 unspecified atom stereocenters. The molecule has 2 heterocycles. The maximum absolute atomic E-state index is 13.9. The molecule has 10 nitrogen and oxygen atoms in total. The van der Waals surface area contributed by atoms with Gasteiger partial charge in [-0.2, -0.15) is 13.2 Å². The summed E-state index contributed by atoms with van der Waals surface area (Å²) in [6.45, 7) is 3.83. The molecule has 0 aliphatic rings. The van der Waals surface area contributed by atoms with E-state index >= 15 is 0 Å². The molecule has 4 rings (SSSR count). The second-order valence-corrected chi connectivity index (χ2v) is 9.56. The Kier molecular flexibility index (Phi) is 11.2. The molecule has 4 aromatic rings. The second kappa shape index (κ2) is 14.8. The summed E-state index contributed by atoms with van der Waals surface area (Å²) in [5, 5.41) is 11.5. The van der Waals surface area contributed by atoms with Crippen LogP contribution in [0.2, 0.25) is 0 Å². The molecule has 13 heteroatoms. The van der Waals surface area contributed by atoms with Crippen molar-refractivity contribution in [1.82, 2.24) is 15.3 Å². The molecule has 44 heavy (non-hydrogen) atoms. The van der Waals surface area contributed by atoms with Crippen LogP contribution in [0.15, 0.2) is 73.3 Å². The highest BCUT2D eigenvalue weighted by molar-refractivity contribution is 6.05. The number of hydrogen-bond acceptors (Lipinski definition) is 8. The number of halogens is 3. The smallest absolute Gasteiger partial charge is 0.490 e. The lowest BCUT2D eigenvalue weighted by Gasteiger charge is -2.21. The molecule has 0 spiro atoms. The van der Waals surface area contributed by atoms with Crippen molar-refractivity contribution in [2.75, 3.05) is 14.2 Å². The molecule has 2 aromatic carbocycles. The first-order valence-corrected chi connectivity index (χ1v) is 13.1. The van der Waals surface area contributed by atoms with E-state index in [9.17, 15) is 22.8 Å². The number of carboxylic acid groups (broad SMARTS) is 1. The van der Waals surface area contributed by atoms with Gasteiger partial charge < -0.3 is 24.6 Å². The third-order valence-corrected chi connectivity index (χ3v) is 5.99. The van der Waals surface area contributed by atoms with Crippen molar-refractivity contribution < 1.29 is 46.9 Å². The number of rotatable bonds is 10. The van der Waals surface area contributed by atoms with E-state index in [-0.39, 0.29) is 24.2 Å². The Hall–Kier alpha value is -5.20. The highest BCUT2D eigenvalue weighted by atomic mass is 19.4. The number of Topliss-reactive ketones (excluding diaryl/α,β-unsaturated/α-hetero) is 1. The fourth-order valence-corrected chi connectivity index (χ4v) is 4.10. The van der Waals surface area contributed by atoms with Crippen molar-refractivity contribution in [3.05, 3.63) is 90.0 Å². The maximum atomic E-state index is 13.9. The van der Waals surface area contributed by atoms with E-state index in [2.05, 4.69) is 15.3 Å². The topological polar surface area (TPSA) is 137 Å². The zero-order valence-corrected chi connectivity index (χ0v) is 24.2. The van der Waals surface area contributed by atoms with Crippen LogP contribution in [0.25, 0.3) is 10.8 Å². The average Bonchev–Trinajstić information content (AvgIpc) is 2.98. The van der Waals surface area contributed by atoms with Crippen molar-refractivity contribution in [1.29, 1.82) is 0 Å². The number of methoxy groups -OCH3 is 2. The Bertz CT molecular complexity index is 1610. The van der Waals surface area contributed by atoms with Gasteiger partial charge in [0.05, 0.1) is 26.7 Å². The number of nitrogens with one attached hydrogen (secondary N) is 1. The number of ether oxygens (including phenoxy) is 3. The standard InChI is InChI=1S/C29H29N3O5.C2HF3O2/c1-18(2)37-22-9-5-8-20(12-22)29(34)28(32-27(33)11-19-7-6-10-30-15-19)24-17-31-16-21-13-25(35-3)26(36-4)14-23(21)24;3-2(4,5)1(6)7/h5-10,12-18,28H,11H2,1-4H3,(H,32,33);(H,6,7). The molecule has 0 saturated heterocycles. The van der Waals surface area contributed by atoms with E-state index in [1.54, 1.807) is 81.5 Å². The van der Waals surface area contributed by atoms with Gasteiger partial charge in [-0.1, -0.05) is 18.2 Å². The molecule has 0 saturated carbocycles. The SMILES string of the molecule is COc1cc2cncc(C(NC(=O)Cc3cccnc3)C(=O)c3cccc(OC(C)C)c3)c2cc1OC.O=C(O)C(F)(F)F. The third-order valence-electron chi connectivity index (χ3n) is 5.99. The van der Waals surface area contributed by atoms with E-state index in [0.29, 0.717) is 33.8 Å². The highest BCUT2D eigenvalue weighted by Gasteiger charge is 2.38. The second-order valence-electron chi connectivity index (χ2n) is 9.56. The van der Waals surface area contributed by atoms with Gasteiger partial charge in [0, 0.05) is 41.3 Å². The molecule has 0 aliphatic heterocycles. The zero-order valence-electron chi connectivity index (χ0n) is 24.2. The molecule has 2 N–H and O–H groups in total. The fourth-order valence-electron chi connectivity index (χ4n) is 4.10. The summed E-state index contributed by atoms with van der Waals surface area (Å²) in [4.78, 5) is 44.4. The Morgan fingerprint density at radius 1 is 0.932 bits per heavy atom. The number of hydrogen-bond donors (Lipinski definition) is 2. The molecule has 0 bridgehead atoms. The van der Waals surface area contributed by atoms with E-state index < -0.39 is 18.2 Å². The first kappa shape index (κ1) is 33.3. The fraction of sp³-hybridized carbons (Fsp3) is 0.258. The molecule has 232 valence electrons. The van der Waals surface area contributed by atoms with Crippen molar-refractivity contribution in [3.8, 4) is 17.2 Å². The van der Waals surface area contributed by atoms with E-state index in [0.717, 1.165) is 10.9 Å².